The molecule has 0 aromatic heterocycles. The highest BCUT2D eigenvalue weighted by Gasteiger charge is 2.22. The maximum absolute atomic E-state index is 13.5. The van der Waals surface area contributed by atoms with Crippen LogP contribution in [-0.4, -0.2) is 31.1 Å². The lowest BCUT2D eigenvalue weighted by Crippen LogP contribution is -2.44. The van der Waals surface area contributed by atoms with E-state index in [2.05, 4.69) is 26.1 Å². The number of likely N-dealkylation sites (N-methyl/N-ethyl adjacent to an activating group) is 1. The first kappa shape index (κ1) is 14.0. The van der Waals surface area contributed by atoms with Crippen LogP contribution in [0.1, 0.15) is 24.8 Å². The summed E-state index contributed by atoms with van der Waals surface area (Å²) in [7, 11) is 1.99. The monoisotopic (exact) mass is 314 g/mol. The van der Waals surface area contributed by atoms with Gasteiger partial charge in [-0.05, 0) is 54.0 Å². The van der Waals surface area contributed by atoms with Gasteiger partial charge in [-0.15, -0.1) is 0 Å². The summed E-state index contributed by atoms with van der Waals surface area (Å²) >= 11 is 3.35. The van der Waals surface area contributed by atoms with E-state index in [1.54, 1.807) is 6.07 Å². The fourth-order valence-corrected chi connectivity index (χ4v) is 3.01. The third-order valence-electron chi connectivity index (χ3n) is 3.59. The van der Waals surface area contributed by atoms with Gasteiger partial charge in [-0.2, -0.15) is 0 Å². The standard InChI is InChI=1S/C14H20BrFN2/c1-17-9-12-6-2-3-8-18(12)10-11-5-4-7-13(16)14(11)15/h4-5,7,12,17H,2-3,6,8-10H2,1H3. The van der Waals surface area contributed by atoms with Crippen LogP contribution in [0.15, 0.2) is 22.7 Å². The zero-order chi connectivity index (χ0) is 13.0. The van der Waals surface area contributed by atoms with Crippen molar-refractivity contribution in [3.63, 3.8) is 0 Å². The molecule has 18 heavy (non-hydrogen) atoms. The maximum atomic E-state index is 13.5. The molecule has 0 aliphatic carbocycles. The molecule has 1 atom stereocenters. The summed E-state index contributed by atoms with van der Waals surface area (Å²) in [6.45, 7) is 2.94. The van der Waals surface area contributed by atoms with Crippen LogP contribution in [-0.2, 0) is 6.54 Å². The van der Waals surface area contributed by atoms with Crippen molar-refractivity contribution in [2.75, 3.05) is 20.1 Å². The highest BCUT2D eigenvalue weighted by molar-refractivity contribution is 9.10. The van der Waals surface area contributed by atoms with Crippen LogP contribution in [0.25, 0.3) is 0 Å². The molecule has 1 aromatic rings. The summed E-state index contributed by atoms with van der Waals surface area (Å²) in [6.07, 6.45) is 3.77. The van der Waals surface area contributed by atoms with Crippen molar-refractivity contribution in [1.29, 1.82) is 0 Å². The zero-order valence-electron chi connectivity index (χ0n) is 10.8. The average Bonchev–Trinajstić information content (AvgIpc) is 2.37. The molecule has 1 heterocycles. The quantitative estimate of drug-likeness (QED) is 0.918. The van der Waals surface area contributed by atoms with Gasteiger partial charge in [0.25, 0.3) is 0 Å². The number of piperidine rings is 1. The average molecular weight is 315 g/mol. The first-order chi connectivity index (χ1) is 8.72. The minimum Gasteiger partial charge on any atom is -0.318 e. The largest absolute Gasteiger partial charge is 0.318 e. The van der Waals surface area contributed by atoms with Crippen LogP contribution in [0, 0.1) is 5.82 Å². The third-order valence-corrected chi connectivity index (χ3v) is 4.48. The summed E-state index contributed by atoms with van der Waals surface area (Å²) in [6, 6.07) is 5.85. The van der Waals surface area contributed by atoms with E-state index in [-0.39, 0.29) is 5.82 Å². The highest BCUT2D eigenvalue weighted by Crippen LogP contribution is 2.25. The van der Waals surface area contributed by atoms with E-state index in [4.69, 9.17) is 0 Å². The summed E-state index contributed by atoms with van der Waals surface area (Å²) in [5.41, 5.74) is 1.04. The Morgan fingerprint density at radius 3 is 3.06 bits per heavy atom. The van der Waals surface area contributed by atoms with Gasteiger partial charge in [0.2, 0.25) is 0 Å². The van der Waals surface area contributed by atoms with Gasteiger partial charge >= 0.3 is 0 Å². The van der Waals surface area contributed by atoms with Crippen LogP contribution in [0.3, 0.4) is 0 Å². The Labute approximate surface area is 117 Å². The van der Waals surface area contributed by atoms with Crippen molar-refractivity contribution in [3.05, 3.63) is 34.1 Å². The Balaban J connectivity index is 2.08. The van der Waals surface area contributed by atoms with Gasteiger partial charge in [0, 0.05) is 19.1 Å². The lowest BCUT2D eigenvalue weighted by molar-refractivity contribution is 0.139. The molecule has 0 spiro atoms. The molecule has 1 fully saturated rings. The van der Waals surface area contributed by atoms with E-state index in [9.17, 15) is 4.39 Å². The second-order valence-corrected chi connectivity index (χ2v) is 5.68. The second-order valence-electron chi connectivity index (χ2n) is 4.89. The van der Waals surface area contributed by atoms with Gasteiger partial charge in [-0.25, -0.2) is 4.39 Å². The van der Waals surface area contributed by atoms with Crippen molar-refractivity contribution in [1.82, 2.24) is 10.2 Å². The van der Waals surface area contributed by atoms with E-state index in [1.807, 2.05) is 13.1 Å². The highest BCUT2D eigenvalue weighted by atomic mass is 79.9. The van der Waals surface area contributed by atoms with Crippen LogP contribution in [0.5, 0.6) is 0 Å². The topological polar surface area (TPSA) is 15.3 Å². The molecule has 1 aliphatic heterocycles. The number of likely N-dealkylation sites (tertiary alicyclic amines) is 1. The Kier molecular flexibility index (Phi) is 5.15. The van der Waals surface area contributed by atoms with Crippen molar-refractivity contribution in [2.24, 2.45) is 0 Å². The van der Waals surface area contributed by atoms with Crippen LogP contribution in [0.2, 0.25) is 0 Å². The Morgan fingerprint density at radius 1 is 1.44 bits per heavy atom. The van der Waals surface area contributed by atoms with E-state index in [1.165, 1.54) is 25.3 Å². The molecule has 1 unspecified atom stereocenters. The molecule has 100 valence electrons. The normalized spacial score (nSPS) is 21.2. The molecule has 2 rings (SSSR count). The van der Waals surface area contributed by atoms with Gasteiger partial charge in [0.1, 0.15) is 5.82 Å². The Morgan fingerprint density at radius 2 is 2.28 bits per heavy atom. The van der Waals surface area contributed by atoms with Gasteiger partial charge < -0.3 is 5.32 Å². The summed E-state index contributed by atoms with van der Waals surface area (Å²) in [4.78, 5) is 2.46. The summed E-state index contributed by atoms with van der Waals surface area (Å²) < 4.78 is 14.1. The molecule has 1 aromatic carbocycles. The van der Waals surface area contributed by atoms with E-state index >= 15 is 0 Å². The van der Waals surface area contributed by atoms with Gasteiger partial charge in [0.15, 0.2) is 0 Å². The molecule has 0 bridgehead atoms. The van der Waals surface area contributed by atoms with Gasteiger partial charge in [-0.3, -0.25) is 4.90 Å². The lowest BCUT2D eigenvalue weighted by Gasteiger charge is -2.36. The number of hydrogen-bond donors (Lipinski definition) is 1. The third kappa shape index (κ3) is 3.31. The number of hydrogen-bond acceptors (Lipinski definition) is 2. The van der Waals surface area contributed by atoms with E-state index in [0.29, 0.717) is 10.5 Å². The predicted octanol–water partition coefficient (Wildman–Crippen LogP) is 3.16. The fourth-order valence-electron chi connectivity index (χ4n) is 2.62. The molecular formula is C14H20BrFN2. The van der Waals surface area contributed by atoms with Crippen molar-refractivity contribution < 1.29 is 4.39 Å². The Hall–Kier alpha value is -0.450. The first-order valence-electron chi connectivity index (χ1n) is 6.54. The van der Waals surface area contributed by atoms with E-state index < -0.39 is 0 Å². The van der Waals surface area contributed by atoms with Crippen molar-refractivity contribution >= 4 is 15.9 Å². The smallest absolute Gasteiger partial charge is 0.137 e. The minimum atomic E-state index is -0.172. The molecule has 1 aliphatic rings. The van der Waals surface area contributed by atoms with E-state index in [0.717, 1.165) is 25.2 Å². The molecule has 1 N–H and O–H groups in total. The zero-order valence-corrected chi connectivity index (χ0v) is 12.3. The first-order valence-corrected chi connectivity index (χ1v) is 7.33. The molecule has 0 saturated carbocycles. The van der Waals surface area contributed by atoms with Crippen molar-refractivity contribution in [2.45, 2.75) is 31.8 Å². The molecule has 0 radical (unpaired) electrons. The number of benzene rings is 1. The fraction of sp³-hybridized carbons (Fsp3) is 0.571. The molecular weight excluding hydrogens is 295 g/mol. The van der Waals surface area contributed by atoms with Gasteiger partial charge in [0.05, 0.1) is 4.47 Å². The minimum absolute atomic E-state index is 0.172. The van der Waals surface area contributed by atoms with Crippen LogP contribution < -0.4 is 5.32 Å². The van der Waals surface area contributed by atoms with Crippen molar-refractivity contribution in [3.8, 4) is 0 Å². The molecule has 0 amide bonds. The number of halogens is 2. The molecule has 2 nitrogen and oxygen atoms in total. The maximum Gasteiger partial charge on any atom is 0.137 e. The SMILES string of the molecule is CNCC1CCCCN1Cc1cccc(F)c1Br. The number of nitrogens with one attached hydrogen (secondary N) is 1. The van der Waals surface area contributed by atoms with Gasteiger partial charge in [-0.1, -0.05) is 18.6 Å². The Bertz CT molecular complexity index is 395. The van der Waals surface area contributed by atoms with Crippen LogP contribution >= 0.6 is 15.9 Å². The number of rotatable bonds is 4. The molecule has 1 saturated heterocycles. The lowest BCUT2D eigenvalue weighted by atomic mass is 10.0. The summed E-state index contributed by atoms with van der Waals surface area (Å²) in [5, 5.41) is 3.25. The molecule has 4 heteroatoms. The van der Waals surface area contributed by atoms with Crippen LogP contribution in [0.4, 0.5) is 4.39 Å². The number of nitrogens with zero attached hydrogens (tertiary/aromatic N) is 1. The summed E-state index contributed by atoms with van der Waals surface area (Å²) in [5.74, 6) is -0.172. The predicted molar refractivity (Wildman–Crippen MR) is 76.1 cm³/mol. The second kappa shape index (κ2) is 6.64.